The van der Waals surface area contributed by atoms with Crippen LogP contribution < -0.4 is 5.56 Å². The molecule has 4 rings (SSSR count). The molecule has 4 aromatic rings. The Morgan fingerprint density at radius 1 is 1.15 bits per heavy atom. The zero-order valence-electron chi connectivity index (χ0n) is 19.0. The van der Waals surface area contributed by atoms with Gasteiger partial charge in [0.2, 0.25) is 0 Å². The van der Waals surface area contributed by atoms with Crippen LogP contribution in [0.15, 0.2) is 76.1 Å². The quantitative estimate of drug-likeness (QED) is 0.398. The van der Waals surface area contributed by atoms with E-state index in [9.17, 15) is 9.59 Å². The molecule has 0 aliphatic carbocycles. The van der Waals surface area contributed by atoms with Gasteiger partial charge in [-0.2, -0.15) is 0 Å². The second kappa shape index (κ2) is 9.83. The predicted molar refractivity (Wildman–Crippen MR) is 127 cm³/mol. The topological polar surface area (TPSA) is 77.6 Å². The smallest absolute Gasteiger partial charge is 0.290 e. The van der Waals surface area contributed by atoms with Gasteiger partial charge in [-0.15, -0.1) is 0 Å². The number of aromatic nitrogens is 2. The van der Waals surface area contributed by atoms with Crippen LogP contribution in [0, 0.1) is 6.92 Å². The number of amides is 1. The molecule has 0 radical (unpaired) electrons. The summed E-state index contributed by atoms with van der Waals surface area (Å²) in [5.74, 6) is 0.458. The number of furan rings is 1. The van der Waals surface area contributed by atoms with Crippen LogP contribution in [-0.4, -0.2) is 40.6 Å². The lowest BCUT2D eigenvalue weighted by atomic mass is 10.1. The Balaban J connectivity index is 1.95. The molecule has 7 nitrogen and oxygen atoms in total. The van der Waals surface area contributed by atoms with Gasteiger partial charge in [0.25, 0.3) is 11.5 Å². The minimum Gasteiger partial charge on any atom is -0.459 e. The third-order valence-corrected chi connectivity index (χ3v) is 5.65. The van der Waals surface area contributed by atoms with Gasteiger partial charge in [-0.3, -0.25) is 14.2 Å². The van der Waals surface area contributed by atoms with Crippen LogP contribution in [0.3, 0.4) is 0 Å². The van der Waals surface area contributed by atoms with Crippen LogP contribution in [0.4, 0.5) is 0 Å². The van der Waals surface area contributed by atoms with E-state index in [-0.39, 0.29) is 17.2 Å². The summed E-state index contributed by atoms with van der Waals surface area (Å²) in [6, 6.07) is 17.8. The molecule has 2 aromatic carbocycles. The third kappa shape index (κ3) is 4.45. The molecule has 170 valence electrons. The fraction of sp³-hybridized carbons (Fsp3) is 0.269. The van der Waals surface area contributed by atoms with Gasteiger partial charge < -0.3 is 14.1 Å². The van der Waals surface area contributed by atoms with Gasteiger partial charge in [0.05, 0.1) is 35.5 Å². The zero-order valence-corrected chi connectivity index (χ0v) is 19.0. The summed E-state index contributed by atoms with van der Waals surface area (Å²) in [5, 5.41) is 0.526. The van der Waals surface area contributed by atoms with E-state index in [2.05, 4.69) is 0 Å². The van der Waals surface area contributed by atoms with Gasteiger partial charge in [-0.25, -0.2) is 4.98 Å². The average Bonchev–Trinajstić information content (AvgIpc) is 3.36. The van der Waals surface area contributed by atoms with Crippen molar-refractivity contribution in [2.75, 3.05) is 20.3 Å². The highest BCUT2D eigenvalue weighted by molar-refractivity contribution is 5.91. The second-order valence-electron chi connectivity index (χ2n) is 7.86. The summed E-state index contributed by atoms with van der Waals surface area (Å²) in [4.78, 5) is 33.7. The first-order valence-electron chi connectivity index (χ1n) is 11.0. The largest absolute Gasteiger partial charge is 0.459 e. The van der Waals surface area contributed by atoms with Crippen LogP contribution in [0.25, 0.3) is 16.6 Å². The number of fused-ring (bicyclic) bond motifs is 1. The summed E-state index contributed by atoms with van der Waals surface area (Å²) in [6.45, 7) is 4.61. The number of methoxy groups -OCH3 is 1. The molecular formula is C26H27N3O4. The Morgan fingerprint density at radius 3 is 2.67 bits per heavy atom. The summed E-state index contributed by atoms with van der Waals surface area (Å²) < 4.78 is 12.3. The van der Waals surface area contributed by atoms with Crippen molar-refractivity contribution in [3.63, 3.8) is 0 Å². The fourth-order valence-corrected chi connectivity index (χ4v) is 4.06. The molecule has 1 unspecified atom stereocenters. The molecule has 0 spiro atoms. The first-order chi connectivity index (χ1) is 16.0. The number of benzene rings is 2. The van der Waals surface area contributed by atoms with Crippen molar-refractivity contribution in [1.82, 2.24) is 14.5 Å². The van der Waals surface area contributed by atoms with Crippen LogP contribution in [-0.2, 0) is 4.74 Å². The Bertz CT molecular complexity index is 1310. The number of hydrogen-bond acceptors (Lipinski definition) is 5. The van der Waals surface area contributed by atoms with E-state index in [1.165, 1.54) is 6.26 Å². The third-order valence-electron chi connectivity index (χ3n) is 5.65. The van der Waals surface area contributed by atoms with Crippen molar-refractivity contribution >= 4 is 16.8 Å². The maximum Gasteiger partial charge on any atom is 0.290 e. The van der Waals surface area contributed by atoms with Crippen LogP contribution >= 0.6 is 0 Å². The molecule has 0 fully saturated rings. The monoisotopic (exact) mass is 445 g/mol. The standard InChI is InChI=1S/C26H27N3O4/c1-4-22(28(14-16-32-3)26(31)23-13-8-15-33-23)24-27-21-12-6-5-11-20(21)25(30)29(24)19-10-7-9-18(2)17-19/h5-13,15,17,22H,4,14,16H2,1-3H3. The molecule has 1 amide bonds. The molecule has 33 heavy (non-hydrogen) atoms. The Morgan fingerprint density at radius 2 is 1.97 bits per heavy atom. The first kappa shape index (κ1) is 22.5. The summed E-state index contributed by atoms with van der Waals surface area (Å²) in [6.07, 6.45) is 2.02. The van der Waals surface area contributed by atoms with E-state index < -0.39 is 6.04 Å². The Labute approximate surface area is 192 Å². The zero-order chi connectivity index (χ0) is 23.4. The second-order valence-corrected chi connectivity index (χ2v) is 7.86. The maximum atomic E-state index is 13.7. The lowest BCUT2D eigenvalue weighted by Gasteiger charge is -2.31. The van der Waals surface area contributed by atoms with E-state index in [1.807, 2.05) is 56.3 Å². The molecule has 0 N–H and O–H groups in total. The number of rotatable bonds is 8. The molecule has 0 bridgehead atoms. The molecule has 1 atom stereocenters. The molecule has 0 aliphatic rings. The number of carbonyl (C=O) groups is 1. The fourth-order valence-electron chi connectivity index (χ4n) is 4.06. The van der Waals surface area contributed by atoms with Crippen LogP contribution in [0.2, 0.25) is 0 Å². The molecule has 0 aliphatic heterocycles. The number of para-hydroxylation sites is 1. The molecule has 2 aromatic heterocycles. The normalized spacial score (nSPS) is 12.1. The first-order valence-corrected chi connectivity index (χ1v) is 11.0. The average molecular weight is 446 g/mol. The summed E-state index contributed by atoms with van der Waals surface area (Å²) in [7, 11) is 1.59. The van der Waals surface area contributed by atoms with Crippen molar-refractivity contribution in [2.45, 2.75) is 26.3 Å². The minimum atomic E-state index is -0.476. The van der Waals surface area contributed by atoms with Crippen molar-refractivity contribution < 1.29 is 13.9 Å². The van der Waals surface area contributed by atoms with Crippen LogP contribution in [0.5, 0.6) is 0 Å². The minimum absolute atomic E-state index is 0.170. The van der Waals surface area contributed by atoms with Crippen molar-refractivity contribution in [3.05, 3.63) is 94.4 Å². The number of hydrogen-bond donors (Lipinski definition) is 0. The number of ether oxygens (including phenoxy) is 1. The number of aryl methyl sites for hydroxylation is 1. The van der Waals surface area contributed by atoms with Crippen molar-refractivity contribution in [1.29, 1.82) is 0 Å². The van der Waals surface area contributed by atoms with E-state index in [4.69, 9.17) is 14.1 Å². The van der Waals surface area contributed by atoms with Gasteiger partial charge >= 0.3 is 0 Å². The molecule has 2 heterocycles. The SMILES string of the molecule is CCC(c1nc2ccccc2c(=O)n1-c1cccc(C)c1)N(CCOC)C(=O)c1ccco1. The molecule has 7 heteroatoms. The predicted octanol–water partition coefficient (Wildman–Crippen LogP) is 4.53. The summed E-state index contributed by atoms with van der Waals surface area (Å²) in [5.41, 5.74) is 2.16. The van der Waals surface area contributed by atoms with Crippen molar-refractivity contribution in [3.8, 4) is 5.69 Å². The molecular weight excluding hydrogens is 418 g/mol. The number of carbonyl (C=O) groups excluding carboxylic acids is 1. The number of nitrogens with zero attached hydrogens (tertiary/aromatic N) is 3. The lowest BCUT2D eigenvalue weighted by Crippen LogP contribution is -2.40. The van der Waals surface area contributed by atoms with Crippen molar-refractivity contribution in [2.24, 2.45) is 0 Å². The van der Waals surface area contributed by atoms with Gasteiger partial charge in [0.1, 0.15) is 5.82 Å². The van der Waals surface area contributed by atoms with E-state index >= 15 is 0 Å². The Hall–Kier alpha value is -3.71. The maximum absolute atomic E-state index is 13.7. The molecule has 0 saturated heterocycles. The van der Waals surface area contributed by atoms with Gasteiger partial charge in [0, 0.05) is 13.7 Å². The highest BCUT2D eigenvalue weighted by atomic mass is 16.5. The van der Waals surface area contributed by atoms with Crippen LogP contribution in [0.1, 0.15) is 41.3 Å². The van der Waals surface area contributed by atoms with Gasteiger partial charge in [-0.05, 0) is 55.3 Å². The molecule has 0 saturated carbocycles. The van der Waals surface area contributed by atoms with Gasteiger partial charge in [-0.1, -0.05) is 31.2 Å². The van der Waals surface area contributed by atoms with E-state index in [1.54, 1.807) is 34.8 Å². The van der Waals surface area contributed by atoms with E-state index in [0.717, 1.165) is 5.56 Å². The Kier molecular flexibility index (Phi) is 6.70. The highest BCUT2D eigenvalue weighted by Crippen LogP contribution is 2.27. The highest BCUT2D eigenvalue weighted by Gasteiger charge is 2.30. The lowest BCUT2D eigenvalue weighted by molar-refractivity contribution is 0.0548. The summed E-state index contributed by atoms with van der Waals surface area (Å²) >= 11 is 0. The van der Waals surface area contributed by atoms with Gasteiger partial charge in [0.15, 0.2) is 5.76 Å². The van der Waals surface area contributed by atoms with E-state index in [0.29, 0.717) is 42.0 Å².